The van der Waals surface area contributed by atoms with Crippen LogP contribution in [0.15, 0.2) is 12.2 Å². The van der Waals surface area contributed by atoms with Gasteiger partial charge in [-0.1, -0.05) is 46.3 Å². The number of hydrogen-bond acceptors (Lipinski definition) is 7. The van der Waals surface area contributed by atoms with Gasteiger partial charge >= 0.3 is 6.09 Å². The van der Waals surface area contributed by atoms with E-state index in [0.717, 1.165) is 44.4 Å². The summed E-state index contributed by atoms with van der Waals surface area (Å²) in [7, 11) is 1.82. The van der Waals surface area contributed by atoms with E-state index in [1.807, 2.05) is 7.11 Å². The molecule has 0 aliphatic heterocycles. The number of ether oxygens (including phenoxy) is 2. The predicted octanol–water partition coefficient (Wildman–Crippen LogP) is 4.54. The largest absolute Gasteiger partial charge is 0.446 e. The zero-order valence-corrected chi connectivity index (χ0v) is 26.2. The van der Waals surface area contributed by atoms with Crippen molar-refractivity contribution in [2.75, 3.05) is 26.9 Å². The van der Waals surface area contributed by atoms with E-state index >= 15 is 0 Å². The molecule has 6 N–H and O–H groups in total. The molecule has 0 radical (unpaired) electrons. The number of allylic oxidation sites excluding steroid dienone is 1. The number of aliphatic hydroxyl groups excluding tert-OH is 3. The fraction of sp³-hybridized carbons (Fsp3) is 0.909. The van der Waals surface area contributed by atoms with Crippen molar-refractivity contribution < 1.29 is 29.6 Å². The Morgan fingerprint density at radius 2 is 1.73 bits per heavy atom. The van der Waals surface area contributed by atoms with Gasteiger partial charge in [-0.25, -0.2) is 4.79 Å². The summed E-state index contributed by atoms with van der Waals surface area (Å²) >= 11 is 0. The maximum Gasteiger partial charge on any atom is 0.408 e. The van der Waals surface area contributed by atoms with Gasteiger partial charge in [0.05, 0.1) is 25.4 Å². The predicted molar refractivity (Wildman–Crippen MR) is 160 cm³/mol. The van der Waals surface area contributed by atoms with E-state index in [1.54, 1.807) is 0 Å². The van der Waals surface area contributed by atoms with Crippen molar-refractivity contribution in [1.29, 1.82) is 0 Å². The fourth-order valence-corrected chi connectivity index (χ4v) is 10.2. The van der Waals surface area contributed by atoms with Crippen molar-refractivity contribution in [3.63, 3.8) is 0 Å². The molecule has 0 bridgehead atoms. The summed E-state index contributed by atoms with van der Waals surface area (Å²) in [6.07, 6.45) is 15.3. The lowest BCUT2D eigenvalue weighted by molar-refractivity contribution is -0.232. The highest BCUT2D eigenvalue weighted by atomic mass is 16.6. The average Bonchev–Trinajstić information content (AvgIpc) is 3.32. The molecule has 4 saturated carbocycles. The third kappa shape index (κ3) is 5.85. The molecule has 0 spiro atoms. The molecule has 0 aromatic heterocycles. The maximum absolute atomic E-state index is 12.7. The molecule has 8 nitrogen and oxygen atoms in total. The van der Waals surface area contributed by atoms with Crippen LogP contribution >= 0.6 is 0 Å². The minimum atomic E-state index is -1.50. The van der Waals surface area contributed by atoms with Crippen LogP contribution in [-0.4, -0.2) is 71.6 Å². The Kier molecular flexibility index (Phi) is 10.2. The van der Waals surface area contributed by atoms with E-state index in [0.29, 0.717) is 35.5 Å². The Labute approximate surface area is 247 Å². The van der Waals surface area contributed by atoms with Crippen molar-refractivity contribution in [3.05, 3.63) is 12.2 Å². The van der Waals surface area contributed by atoms with Crippen LogP contribution in [0.5, 0.6) is 0 Å². The van der Waals surface area contributed by atoms with Crippen LogP contribution in [0.3, 0.4) is 0 Å². The summed E-state index contributed by atoms with van der Waals surface area (Å²) in [5.74, 6) is 3.28. The Balaban J connectivity index is 1.46. The van der Waals surface area contributed by atoms with Gasteiger partial charge in [0.15, 0.2) is 0 Å². The number of rotatable bonds is 11. The summed E-state index contributed by atoms with van der Waals surface area (Å²) in [6, 6.07) is 0.162. The van der Waals surface area contributed by atoms with Crippen molar-refractivity contribution in [2.45, 2.75) is 122 Å². The first kappa shape index (κ1) is 32.7. The second kappa shape index (κ2) is 12.8. The molecule has 4 fully saturated rings. The summed E-state index contributed by atoms with van der Waals surface area (Å²) in [4.78, 5) is 12.7. The van der Waals surface area contributed by atoms with Crippen LogP contribution in [-0.2, 0) is 9.47 Å². The van der Waals surface area contributed by atoms with E-state index in [4.69, 9.17) is 15.2 Å². The number of hydrogen-bond donors (Lipinski definition) is 5. The number of nitrogens with one attached hydrogen (secondary N) is 1. The topological polar surface area (TPSA) is 134 Å². The third-order valence-corrected chi connectivity index (χ3v) is 12.7. The van der Waals surface area contributed by atoms with Crippen LogP contribution in [0.4, 0.5) is 4.79 Å². The average molecular weight is 579 g/mol. The number of amides is 1. The first-order chi connectivity index (χ1) is 19.5. The van der Waals surface area contributed by atoms with Crippen molar-refractivity contribution in [3.8, 4) is 0 Å². The summed E-state index contributed by atoms with van der Waals surface area (Å²) in [5.41, 5.74) is 4.84. The number of fused-ring (bicyclic) bond motifs is 5. The lowest BCUT2D eigenvalue weighted by Crippen LogP contribution is -2.64. The monoisotopic (exact) mass is 578 g/mol. The van der Waals surface area contributed by atoms with Gasteiger partial charge in [-0.15, -0.1) is 0 Å². The van der Waals surface area contributed by atoms with Crippen LogP contribution in [0.25, 0.3) is 0 Å². The molecular formula is C33H58N2O6. The molecule has 41 heavy (non-hydrogen) atoms. The second-order valence-electron chi connectivity index (χ2n) is 14.6. The zero-order valence-electron chi connectivity index (χ0n) is 26.2. The molecule has 4 aliphatic rings. The molecule has 1 unspecified atom stereocenters. The van der Waals surface area contributed by atoms with E-state index in [-0.39, 0.29) is 23.2 Å². The van der Waals surface area contributed by atoms with E-state index in [9.17, 15) is 20.1 Å². The number of nitrogens with two attached hydrogens (primary N) is 1. The molecule has 0 saturated heterocycles. The number of carbonyl (C=O) groups excluding carboxylic acids is 1. The Hall–Kier alpha value is -1.19. The van der Waals surface area contributed by atoms with Crippen LogP contribution in [0, 0.1) is 40.4 Å². The van der Waals surface area contributed by atoms with Crippen LogP contribution in [0.2, 0.25) is 0 Å². The molecule has 236 valence electrons. The number of aliphatic hydroxyl groups is 3. The second-order valence-corrected chi connectivity index (χ2v) is 14.6. The summed E-state index contributed by atoms with van der Waals surface area (Å²) in [5, 5.41) is 31.2. The highest BCUT2D eigenvalue weighted by Crippen LogP contribution is 2.69. The van der Waals surface area contributed by atoms with Gasteiger partial charge in [0.1, 0.15) is 11.6 Å². The lowest BCUT2D eigenvalue weighted by Gasteiger charge is -2.65. The molecule has 4 rings (SSSR count). The Morgan fingerprint density at radius 3 is 2.37 bits per heavy atom. The van der Waals surface area contributed by atoms with E-state index in [1.165, 1.54) is 25.7 Å². The number of carbonyl (C=O) groups is 1. The third-order valence-electron chi connectivity index (χ3n) is 12.7. The quantitative estimate of drug-likeness (QED) is 0.227. The van der Waals surface area contributed by atoms with E-state index < -0.39 is 31.5 Å². The minimum absolute atomic E-state index is 0.0178. The van der Waals surface area contributed by atoms with Gasteiger partial charge in [0.2, 0.25) is 0 Å². The molecule has 1 amide bonds. The Morgan fingerprint density at radius 1 is 1.02 bits per heavy atom. The molecule has 4 aliphatic carbocycles. The summed E-state index contributed by atoms with van der Waals surface area (Å²) in [6.45, 7) is 7.88. The molecule has 8 heteroatoms. The SMILES string of the molecule is CCC[C@@H](N)/C=C/[C@@H](C)[C@H]1CC[C@H]2C3CC[C@@]4(OC)C[C@@H](OC(=O)NC(CO)(CO)CO)CC[C@]4(C)[C@H]3CC[C@]12C. The molecule has 10 atom stereocenters. The molecule has 0 aromatic rings. The molecular weight excluding hydrogens is 520 g/mol. The van der Waals surface area contributed by atoms with Gasteiger partial charge in [0, 0.05) is 19.6 Å². The van der Waals surface area contributed by atoms with Gasteiger partial charge in [-0.3, -0.25) is 0 Å². The van der Waals surface area contributed by atoms with Crippen molar-refractivity contribution >= 4 is 6.09 Å². The smallest absolute Gasteiger partial charge is 0.408 e. The van der Waals surface area contributed by atoms with Gasteiger partial charge < -0.3 is 35.8 Å². The normalized spacial score (nSPS) is 40.4. The fourth-order valence-electron chi connectivity index (χ4n) is 10.2. The van der Waals surface area contributed by atoms with Gasteiger partial charge in [0.25, 0.3) is 0 Å². The summed E-state index contributed by atoms with van der Waals surface area (Å²) < 4.78 is 12.2. The molecule has 0 heterocycles. The lowest BCUT2D eigenvalue weighted by atomic mass is 9.43. The van der Waals surface area contributed by atoms with Gasteiger partial charge in [-0.05, 0) is 98.2 Å². The standard InChI is InChI=1S/C33H58N2O6/c1-6-7-23(34)9-8-22(2)26-10-11-27-25-13-17-33(40-5)18-24(41-29(39)35-32(19-36,20-37)21-38)12-16-31(33,4)28(25)14-15-30(26,27)3/h8-9,22-28,36-38H,6-7,10-21,34H2,1-5H3,(H,35,39)/b9-8+/t22-,23-,24+,25?,26-,27+,28+,30-,31-,33-/m1/s1. The maximum atomic E-state index is 12.7. The highest BCUT2D eigenvalue weighted by Gasteiger charge is 2.65. The first-order valence-corrected chi connectivity index (χ1v) is 16.3. The molecule has 0 aromatic carbocycles. The highest BCUT2D eigenvalue weighted by molar-refractivity contribution is 5.68. The zero-order chi connectivity index (χ0) is 30.1. The minimum Gasteiger partial charge on any atom is -0.446 e. The number of alkyl carbamates (subject to hydrolysis) is 1. The van der Waals surface area contributed by atoms with Crippen LogP contribution in [0.1, 0.15) is 98.3 Å². The van der Waals surface area contributed by atoms with Crippen molar-refractivity contribution in [1.82, 2.24) is 5.32 Å². The van der Waals surface area contributed by atoms with Crippen molar-refractivity contribution in [2.24, 2.45) is 46.2 Å². The first-order valence-electron chi connectivity index (χ1n) is 16.3. The Bertz CT molecular complexity index is 917. The number of methoxy groups -OCH3 is 1. The van der Waals surface area contributed by atoms with Crippen LogP contribution < -0.4 is 11.1 Å². The van der Waals surface area contributed by atoms with E-state index in [2.05, 4.69) is 45.2 Å². The van der Waals surface area contributed by atoms with Gasteiger partial charge in [-0.2, -0.15) is 0 Å².